The zero-order valence-corrected chi connectivity index (χ0v) is 13.2. The molecule has 0 aliphatic carbocycles. The molecule has 3 heteroatoms. The molecule has 112 valence electrons. The fourth-order valence-electron chi connectivity index (χ4n) is 2.60. The van der Waals surface area contributed by atoms with E-state index in [4.69, 9.17) is 9.84 Å². The van der Waals surface area contributed by atoms with Gasteiger partial charge in [-0.1, -0.05) is 18.2 Å². The van der Waals surface area contributed by atoms with Gasteiger partial charge in [0.05, 0.1) is 18.0 Å². The smallest absolute Gasteiger partial charge is 0.119 e. The van der Waals surface area contributed by atoms with Crippen LogP contribution in [0.4, 0.5) is 0 Å². The van der Waals surface area contributed by atoms with Gasteiger partial charge in [-0.15, -0.1) is 0 Å². The van der Waals surface area contributed by atoms with Crippen LogP contribution < -0.4 is 4.74 Å². The molecule has 3 rings (SSSR count). The summed E-state index contributed by atoms with van der Waals surface area (Å²) in [6, 6.07) is 16.3. The van der Waals surface area contributed by atoms with Crippen molar-refractivity contribution >= 4 is 0 Å². The highest BCUT2D eigenvalue weighted by atomic mass is 16.5. The highest BCUT2D eigenvalue weighted by molar-refractivity contribution is 5.67. The van der Waals surface area contributed by atoms with E-state index in [1.165, 1.54) is 5.56 Å². The van der Waals surface area contributed by atoms with Crippen LogP contribution in [0, 0.1) is 13.8 Å². The summed E-state index contributed by atoms with van der Waals surface area (Å²) in [4.78, 5) is 0. The first-order chi connectivity index (χ1) is 10.7. The van der Waals surface area contributed by atoms with Crippen LogP contribution in [0.1, 0.15) is 18.1 Å². The zero-order valence-electron chi connectivity index (χ0n) is 13.2. The molecule has 0 fully saturated rings. The van der Waals surface area contributed by atoms with Gasteiger partial charge in [0.25, 0.3) is 0 Å². The second-order valence-electron chi connectivity index (χ2n) is 5.35. The number of ether oxygens (including phenoxy) is 1. The van der Waals surface area contributed by atoms with Crippen molar-refractivity contribution in [2.45, 2.75) is 20.8 Å². The van der Waals surface area contributed by atoms with E-state index in [-0.39, 0.29) is 0 Å². The third kappa shape index (κ3) is 2.75. The molecular formula is C19H20N2O. The number of nitrogens with zero attached hydrogens (tertiary/aromatic N) is 2. The maximum absolute atomic E-state index is 5.56. The van der Waals surface area contributed by atoms with Crippen LogP contribution in [0.3, 0.4) is 0 Å². The van der Waals surface area contributed by atoms with Gasteiger partial charge < -0.3 is 4.74 Å². The van der Waals surface area contributed by atoms with E-state index in [9.17, 15) is 0 Å². The van der Waals surface area contributed by atoms with Crippen LogP contribution in [0.15, 0.2) is 54.7 Å². The van der Waals surface area contributed by atoms with E-state index in [1.807, 2.05) is 35.9 Å². The van der Waals surface area contributed by atoms with Crippen molar-refractivity contribution < 1.29 is 4.74 Å². The van der Waals surface area contributed by atoms with E-state index in [2.05, 4.69) is 44.3 Å². The SMILES string of the molecule is CCOc1ccc(-c2nn(-c3ccccc3)cc2C)c(C)c1. The second-order valence-corrected chi connectivity index (χ2v) is 5.35. The largest absolute Gasteiger partial charge is 0.494 e. The Bertz CT molecular complexity index is 775. The van der Waals surface area contributed by atoms with Crippen LogP contribution in [-0.2, 0) is 0 Å². The Hall–Kier alpha value is -2.55. The maximum Gasteiger partial charge on any atom is 0.119 e. The maximum atomic E-state index is 5.56. The molecule has 0 amide bonds. The zero-order chi connectivity index (χ0) is 15.5. The van der Waals surface area contributed by atoms with E-state index < -0.39 is 0 Å². The normalized spacial score (nSPS) is 10.7. The van der Waals surface area contributed by atoms with Crippen molar-refractivity contribution in [3.63, 3.8) is 0 Å². The Morgan fingerprint density at radius 3 is 2.45 bits per heavy atom. The number of rotatable bonds is 4. The molecule has 22 heavy (non-hydrogen) atoms. The summed E-state index contributed by atoms with van der Waals surface area (Å²) in [7, 11) is 0. The molecule has 0 spiro atoms. The fraction of sp³-hybridized carbons (Fsp3) is 0.211. The summed E-state index contributed by atoms with van der Waals surface area (Å²) in [6.07, 6.45) is 2.07. The van der Waals surface area contributed by atoms with Gasteiger partial charge in [0, 0.05) is 11.8 Å². The molecule has 0 saturated carbocycles. The number of benzene rings is 2. The van der Waals surface area contributed by atoms with E-state index in [0.717, 1.165) is 28.3 Å². The molecule has 2 aromatic carbocycles. The number of para-hydroxylation sites is 1. The molecule has 3 nitrogen and oxygen atoms in total. The van der Waals surface area contributed by atoms with Gasteiger partial charge in [-0.3, -0.25) is 0 Å². The number of aryl methyl sites for hydroxylation is 2. The summed E-state index contributed by atoms with van der Waals surface area (Å²) < 4.78 is 7.49. The highest BCUT2D eigenvalue weighted by Gasteiger charge is 2.11. The summed E-state index contributed by atoms with van der Waals surface area (Å²) >= 11 is 0. The van der Waals surface area contributed by atoms with Crippen molar-refractivity contribution in [2.75, 3.05) is 6.61 Å². The topological polar surface area (TPSA) is 27.1 Å². The molecular weight excluding hydrogens is 272 g/mol. The van der Waals surface area contributed by atoms with Gasteiger partial charge >= 0.3 is 0 Å². The third-order valence-electron chi connectivity index (χ3n) is 3.68. The lowest BCUT2D eigenvalue weighted by atomic mass is 10.0. The molecule has 0 radical (unpaired) electrons. The van der Waals surface area contributed by atoms with E-state index in [1.54, 1.807) is 0 Å². The Labute approximate surface area is 131 Å². The van der Waals surface area contributed by atoms with Crippen molar-refractivity contribution in [1.29, 1.82) is 0 Å². The molecule has 0 atom stereocenters. The van der Waals surface area contributed by atoms with Gasteiger partial charge in [0.1, 0.15) is 5.75 Å². The molecule has 0 N–H and O–H groups in total. The quantitative estimate of drug-likeness (QED) is 0.705. The van der Waals surface area contributed by atoms with Crippen LogP contribution in [0.25, 0.3) is 16.9 Å². The number of hydrogen-bond acceptors (Lipinski definition) is 2. The lowest BCUT2D eigenvalue weighted by Gasteiger charge is -2.08. The van der Waals surface area contributed by atoms with Gasteiger partial charge in [-0.25, -0.2) is 4.68 Å². The van der Waals surface area contributed by atoms with Crippen LogP contribution in [-0.4, -0.2) is 16.4 Å². The molecule has 1 aromatic heterocycles. The lowest BCUT2D eigenvalue weighted by Crippen LogP contribution is -1.95. The second kappa shape index (κ2) is 6.06. The monoisotopic (exact) mass is 292 g/mol. The minimum atomic E-state index is 0.681. The Morgan fingerprint density at radius 2 is 1.77 bits per heavy atom. The standard InChI is InChI=1S/C19H20N2O/c1-4-22-17-10-11-18(14(2)12-17)19-15(3)13-21(20-19)16-8-6-5-7-9-16/h5-13H,4H2,1-3H3. The predicted octanol–water partition coefficient (Wildman–Crippen LogP) is 4.55. The Morgan fingerprint density at radius 1 is 1.00 bits per heavy atom. The Kier molecular flexibility index (Phi) is 3.96. The lowest BCUT2D eigenvalue weighted by molar-refractivity contribution is 0.340. The average Bonchev–Trinajstić information content (AvgIpc) is 2.91. The van der Waals surface area contributed by atoms with Gasteiger partial charge in [-0.2, -0.15) is 5.10 Å². The van der Waals surface area contributed by atoms with E-state index >= 15 is 0 Å². The van der Waals surface area contributed by atoms with Gasteiger partial charge in [-0.05, 0) is 62.2 Å². The summed E-state index contributed by atoms with van der Waals surface area (Å²) in [5, 5.41) is 4.76. The van der Waals surface area contributed by atoms with Crippen molar-refractivity contribution in [3.8, 4) is 22.7 Å². The Balaban J connectivity index is 2.01. The van der Waals surface area contributed by atoms with Gasteiger partial charge in [0.2, 0.25) is 0 Å². The molecule has 0 bridgehead atoms. The molecule has 0 aliphatic rings. The summed E-state index contributed by atoms with van der Waals surface area (Å²) in [5.41, 5.74) is 5.57. The van der Waals surface area contributed by atoms with Gasteiger partial charge in [0.15, 0.2) is 0 Å². The predicted molar refractivity (Wildman–Crippen MR) is 89.6 cm³/mol. The minimum absolute atomic E-state index is 0.681. The highest BCUT2D eigenvalue weighted by Crippen LogP contribution is 2.28. The molecule has 0 saturated heterocycles. The number of hydrogen-bond donors (Lipinski definition) is 0. The number of aromatic nitrogens is 2. The first kappa shape index (κ1) is 14.4. The molecule has 1 heterocycles. The van der Waals surface area contributed by atoms with Crippen LogP contribution in [0.2, 0.25) is 0 Å². The first-order valence-corrected chi connectivity index (χ1v) is 7.54. The molecule has 3 aromatic rings. The third-order valence-corrected chi connectivity index (χ3v) is 3.68. The first-order valence-electron chi connectivity index (χ1n) is 7.54. The summed E-state index contributed by atoms with van der Waals surface area (Å²) in [5.74, 6) is 0.906. The molecule has 0 unspecified atom stereocenters. The van der Waals surface area contributed by atoms with E-state index in [0.29, 0.717) is 6.61 Å². The fourth-order valence-corrected chi connectivity index (χ4v) is 2.60. The summed E-state index contributed by atoms with van der Waals surface area (Å²) in [6.45, 7) is 6.87. The van der Waals surface area contributed by atoms with Crippen molar-refractivity contribution in [2.24, 2.45) is 0 Å². The van der Waals surface area contributed by atoms with Crippen molar-refractivity contribution in [3.05, 3.63) is 65.9 Å². The van der Waals surface area contributed by atoms with Crippen LogP contribution >= 0.6 is 0 Å². The van der Waals surface area contributed by atoms with Crippen molar-refractivity contribution in [1.82, 2.24) is 9.78 Å². The van der Waals surface area contributed by atoms with Crippen LogP contribution in [0.5, 0.6) is 5.75 Å². The minimum Gasteiger partial charge on any atom is -0.494 e. The molecule has 0 aliphatic heterocycles. The average molecular weight is 292 g/mol.